The van der Waals surface area contributed by atoms with E-state index in [2.05, 4.69) is 99.0 Å². The monoisotopic (exact) mass is 1210 g/mol. The topological polar surface area (TPSA) is 175 Å². The molecule has 86 heavy (non-hydrogen) atoms. The minimum absolute atomic E-state index is 0.120. The summed E-state index contributed by atoms with van der Waals surface area (Å²) >= 11 is 0. The first-order valence-corrected chi connectivity index (χ1v) is 35.9. The van der Waals surface area contributed by atoms with Crippen molar-refractivity contribution in [3.63, 3.8) is 0 Å². The maximum atomic E-state index is 13.5. The molecule has 1 fully saturated rings. The number of allylic oxidation sites excluding steroid dienone is 13. The molecule has 0 bridgehead atoms. The van der Waals surface area contributed by atoms with Crippen LogP contribution in [-0.4, -0.2) is 99.6 Å². The van der Waals surface area contributed by atoms with Crippen LogP contribution in [0.25, 0.3) is 0 Å². The Labute approximate surface area is 527 Å². The molecule has 1 aliphatic rings. The van der Waals surface area contributed by atoms with E-state index < -0.39 is 67.4 Å². The van der Waals surface area contributed by atoms with Gasteiger partial charge in [0.1, 0.15) is 24.4 Å². The van der Waals surface area contributed by atoms with Gasteiger partial charge in [-0.2, -0.15) is 0 Å². The summed E-state index contributed by atoms with van der Waals surface area (Å²) in [6.45, 7) is 5.69. The van der Waals surface area contributed by atoms with Crippen molar-refractivity contribution >= 4 is 11.9 Å². The van der Waals surface area contributed by atoms with Gasteiger partial charge in [0, 0.05) is 6.42 Å². The Morgan fingerprint density at radius 3 is 1.27 bits per heavy atom. The summed E-state index contributed by atoms with van der Waals surface area (Å²) in [6.07, 6.45) is 72.0. The quantitative estimate of drug-likeness (QED) is 0.0195. The Morgan fingerprint density at radius 1 is 0.465 bits per heavy atom. The minimum atomic E-state index is -1.62. The molecule has 11 nitrogen and oxygen atoms in total. The lowest BCUT2D eigenvalue weighted by Crippen LogP contribution is -2.61. The highest BCUT2D eigenvalue weighted by Gasteiger charge is 2.47. The van der Waals surface area contributed by atoms with E-state index in [1.165, 1.54) is 173 Å². The van der Waals surface area contributed by atoms with E-state index in [1.54, 1.807) is 6.08 Å². The fourth-order valence-corrected chi connectivity index (χ4v) is 10.9. The molecule has 0 spiro atoms. The zero-order chi connectivity index (χ0) is 62.4. The van der Waals surface area contributed by atoms with Crippen LogP contribution in [0.3, 0.4) is 0 Å². The van der Waals surface area contributed by atoms with E-state index in [1.807, 2.05) is 6.08 Å². The molecule has 0 saturated carbocycles. The van der Waals surface area contributed by atoms with Crippen molar-refractivity contribution < 1.29 is 49.3 Å². The molecule has 8 atom stereocenters. The molecule has 11 heteroatoms. The highest BCUT2D eigenvalue weighted by atomic mass is 16.7. The van der Waals surface area contributed by atoms with E-state index in [9.17, 15) is 35.1 Å². The Kier molecular flexibility index (Phi) is 58.3. The lowest BCUT2D eigenvalue weighted by Gasteiger charge is -2.41. The Balaban J connectivity index is 2.58. The van der Waals surface area contributed by atoms with Gasteiger partial charge < -0.3 is 45.1 Å². The lowest BCUT2D eigenvalue weighted by atomic mass is 9.99. The van der Waals surface area contributed by atoms with Crippen molar-refractivity contribution in [2.75, 3.05) is 13.2 Å². The van der Waals surface area contributed by atoms with E-state index in [0.717, 1.165) is 96.3 Å². The van der Waals surface area contributed by atoms with Crippen LogP contribution in [0.5, 0.6) is 0 Å². The van der Waals surface area contributed by atoms with Gasteiger partial charge in [0.05, 0.1) is 25.4 Å². The minimum Gasteiger partial charge on any atom is -0.454 e. The van der Waals surface area contributed by atoms with Crippen LogP contribution in [0.1, 0.15) is 316 Å². The van der Waals surface area contributed by atoms with Crippen LogP contribution in [0.2, 0.25) is 0 Å². The van der Waals surface area contributed by atoms with Gasteiger partial charge in [-0.25, -0.2) is 0 Å². The van der Waals surface area contributed by atoms with Gasteiger partial charge in [0.15, 0.2) is 12.4 Å². The SMILES string of the molecule is CC/C=C\C/C=C\C/C=C\C/C=C\C/C=C\CCCCCCC(O)C(=O)NC(COC1OC(CO)C(O)C(O)C1OC(=O)CCCCCCCCCCCCCCCCC/C=C/CCCCCCCC)C(O)/C=C/CCCCCCCCCCCC. The number of aliphatic hydroxyl groups excluding tert-OH is 5. The lowest BCUT2D eigenvalue weighted by molar-refractivity contribution is -0.305. The maximum absolute atomic E-state index is 13.5. The molecule has 0 aromatic heterocycles. The van der Waals surface area contributed by atoms with Gasteiger partial charge in [0.25, 0.3) is 0 Å². The number of hydrogen-bond acceptors (Lipinski definition) is 10. The van der Waals surface area contributed by atoms with Crippen molar-refractivity contribution in [2.45, 2.75) is 365 Å². The van der Waals surface area contributed by atoms with Crippen molar-refractivity contribution in [3.8, 4) is 0 Å². The summed E-state index contributed by atoms with van der Waals surface area (Å²) in [5.74, 6) is -1.21. The highest BCUT2D eigenvalue weighted by molar-refractivity contribution is 5.80. The van der Waals surface area contributed by atoms with Crippen LogP contribution < -0.4 is 5.32 Å². The summed E-state index contributed by atoms with van der Waals surface area (Å²) in [7, 11) is 0. The van der Waals surface area contributed by atoms with Gasteiger partial charge in [-0.15, -0.1) is 0 Å². The van der Waals surface area contributed by atoms with Crippen molar-refractivity contribution in [1.82, 2.24) is 5.32 Å². The van der Waals surface area contributed by atoms with Crippen molar-refractivity contribution in [3.05, 3.63) is 85.1 Å². The molecule has 6 N–H and O–H groups in total. The predicted octanol–water partition coefficient (Wildman–Crippen LogP) is 18.5. The number of nitrogens with one attached hydrogen (secondary N) is 1. The third-order valence-corrected chi connectivity index (χ3v) is 16.5. The molecule has 0 aliphatic carbocycles. The predicted molar refractivity (Wildman–Crippen MR) is 361 cm³/mol. The standard InChI is InChI=1S/C75H133NO10/c1-4-7-10-13-16-19-22-25-27-29-31-33-34-35-36-37-39-41-43-45-48-51-54-57-60-63-70(80)86-73-72(82)71(81)69(64-77)85-75(73)84-65-66(67(78)61-58-55-52-49-46-24-21-18-15-12-9-6-3)76-74(83)68(79)62-59-56-53-50-47-44-42-40-38-32-30-28-26-23-20-17-14-11-8-5-2/h8,11,17,20,25-28,32,38,42,44,58,61,66-69,71-73,75,77-79,81-82H,4-7,9-10,12-16,18-19,21-24,29-31,33-37,39-41,43,45-57,59-60,62-65H2,1-3H3,(H,76,83)/b11-8-,20-17-,27-25+,28-26-,38-32-,44-42-,61-58+. The maximum Gasteiger partial charge on any atom is 0.306 e. The normalized spacial score (nSPS) is 18.8. The molecule has 1 saturated heterocycles. The Hall–Kier alpha value is -3.16. The summed E-state index contributed by atoms with van der Waals surface area (Å²) < 4.78 is 17.7. The number of amides is 1. The second kappa shape index (κ2) is 62.1. The zero-order valence-corrected chi connectivity index (χ0v) is 55.4. The zero-order valence-electron chi connectivity index (χ0n) is 55.4. The first-order chi connectivity index (χ1) is 42.2. The second-order valence-electron chi connectivity index (χ2n) is 24.6. The van der Waals surface area contributed by atoms with Gasteiger partial charge >= 0.3 is 5.97 Å². The van der Waals surface area contributed by atoms with Crippen LogP contribution in [0.15, 0.2) is 85.1 Å². The Morgan fingerprint density at radius 2 is 0.837 bits per heavy atom. The van der Waals surface area contributed by atoms with E-state index >= 15 is 0 Å². The average molecular weight is 1210 g/mol. The first-order valence-electron chi connectivity index (χ1n) is 35.9. The summed E-state index contributed by atoms with van der Waals surface area (Å²) in [5.41, 5.74) is 0. The first kappa shape index (κ1) is 80.9. The third-order valence-electron chi connectivity index (χ3n) is 16.5. The Bertz CT molecular complexity index is 1720. The number of esters is 1. The summed E-state index contributed by atoms with van der Waals surface area (Å²) in [4.78, 5) is 26.7. The van der Waals surface area contributed by atoms with Crippen molar-refractivity contribution in [2.24, 2.45) is 0 Å². The second-order valence-corrected chi connectivity index (χ2v) is 24.6. The number of rotatable bonds is 61. The van der Waals surface area contributed by atoms with Crippen LogP contribution >= 0.6 is 0 Å². The number of unbranched alkanes of at least 4 members (excludes halogenated alkanes) is 35. The largest absolute Gasteiger partial charge is 0.454 e. The molecule has 0 aromatic carbocycles. The van der Waals surface area contributed by atoms with Gasteiger partial charge in [0.2, 0.25) is 5.91 Å². The molecule has 498 valence electrons. The molecular formula is C75H133NO10. The van der Waals surface area contributed by atoms with Gasteiger partial charge in [-0.3, -0.25) is 9.59 Å². The molecule has 0 aromatic rings. The fraction of sp³-hybridized carbons (Fsp3) is 0.787. The highest BCUT2D eigenvalue weighted by Crippen LogP contribution is 2.26. The van der Waals surface area contributed by atoms with E-state index in [-0.39, 0.29) is 19.4 Å². The van der Waals surface area contributed by atoms with Crippen LogP contribution in [-0.2, 0) is 23.8 Å². The summed E-state index contributed by atoms with van der Waals surface area (Å²) in [6, 6.07) is -1.04. The number of carbonyl (C=O) groups is 2. The van der Waals surface area contributed by atoms with Gasteiger partial charge in [-0.05, 0) is 96.3 Å². The van der Waals surface area contributed by atoms with Gasteiger partial charge in [-0.1, -0.05) is 298 Å². The third kappa shape index (κ3) is 48.7. The number of ether oxygens (including phenoxy) is 3. The fourth-order valence-electron chi connectivity index (χ4n) is 10.9. The molecular weight excluding hydrogens is 1070 g/mol. The molecule has 0 radical (unpaired) electrons. The van der Waals surface area contributed by atoms with E-state index in [4.69, 9.17) is 14.2 Å². The average Bonchev–Trinajstić information content (AvgIpc) is 3.30. The van der Waals surface area contributed by atoms with Crippen LogP contribution in [0.4, 0.5) is 0 Å². The number of aliphatic hydroxyl groups is 5. The number of carbonyl (C=O) groups excluding carboxylic acids is 2. The molecule has 1 aliphatic heterocycles. The smallest absolute Gasteiger partial charge is 0.306 e. The molecule has 1 rings (SSSR count). The van der Waals surface area contributed by atoms with E-state index in [0.29, 0.717) is 12.8 Å². The molecule has 8 unspecified atom stereocenters. The molecule has 1 amide bonds. The van der Waals surface area contributed by atoms with Crippen molar-refractivity contribution in [1.29, 1.82) is 0 Å². The summed E-state index contributed by atoms with van der Waals surface area (Å²) in [5, 5.41) is 57.2. The number of hydrogen-bond donors (Lipinski definition) is 6. The van der Waals surface area contributed by atoms with Crippen LogP contribution in [0, 0.1) is 0 Å². The molecule has 1 heterocycles.